The van der Waals surface area contributed by atoms with Gasteiger partial charge in [-0.05, 0) is 13.8 Å². The molecule has 82 valence electrons. The van der Waals surface area contributed by atoms with Gasteiger partial charge in [-0.25, -0.2) is 9.97 Å². The largest absolute Gasteiger partial charge is 0.481 e. The van der Waals surface area contributed by atoms with Crippen molar-refractivity contribution in [1.29, 1.82) is 0 Å². The molecule has 0 N–H and O–H groups in total. The summed E-state index contributed by atoms with van der Waals surface area (Å²) < 4.78 is 5.09. The van der Waals surface area contributed by atoms with Gasteiger partial charge < -0.3 is 4.74 Å². The van der Waals surface area contributed by atoms with E-state index >= 15 is 0 Å². The lowest BCUT2D eigenvalue weighted by Gasteiger charge is -2.12. The molecule has 1 atom stereocenters. The number of carbonyl (C=O) groups excluding carboxylic acids is 1. The predicted molar refractivity (Wildman–Crippen MR) is 57.0 cm³/mol. The van der Waals surface area contributed by atoms with E-state index in [9.17, 15) is 4.79 Å². The highest BCUT2D eigenvalue weighted by molar-refractivity contribution is 5.84. The Bertz CT molecular complexity index is 364. The van der Waals surface area contributed by atoms with Crippen LogP contribution in [0.2, 0.25) is 0 Å². The summed E-state index contributed by atoms with van der Waals surface area (Å²) in [6, 6.07) is 0. The van der Waals surface area contributed by atoms with Crippen LogP contribution in [0.15, 0.2) is 6.33 Å². The molecular formula is C11H16N2O2. The summed E-state index contributed by atoms with van der Waals surface area (Å²) in [7, 11) is 1.56. The molecule has 0 bridgehead atoms. The average Bonchev–Trinajstić information content (AvgIpc) is 2.27. The minimum Gasteiger partial charge on any atom is -0.481 e. The molecule has 4 nitrogen and oxygen atoms in total. The molecule has 0 aromatic carbocycles. The summed E-state index contributed by atoms with van der Waals surface area (Å²) in [6.45, 7) is 5.58. The summed E-state index contributed by atoms with van der Waals surface area (Å²) in [5.74, 6) is 0.529. The van der Waals surface area contributed by atoms with Crippen LogP contribution in [0.1, 0.15) is 37.4 Å². The number of hydrogen-bond acceptors (Lipinski definition) is 4. The normalized spacial score (nSPS) is 12.3. The maximum Gasteiger partial charge on any atom is 0.219 e. The van der Waals surface area contributed by atoms with Gasteiger partial charge in [0.25, 0.3) is 0 Å². The van der Waals surface area contributed by atoms with Crippen molar-refractivity contribution in [3.05, 3.63) is 17.6 Å². The van der Waals surface area contributed by atoms with Crippen LogP contribution in [0.3, 0.4) is 0 Å². The van der Waals surface area contributed by atoms with Gasteiger partial charge in [0.1, 0.15) is 12.1 Å². The Morgan fingerprint density at radius 1 is 1.53 bits per heavy atom. The number of hydrogen-bond donors (Lipinski definition) is 0. The molecule has 15 heavy (non-hydrogen) atoms. The van der Waals surface area contributed by atoms with Crippen LogP contribution in [0.25, 0.3) is 0 Å². The molecule has 1 aromatic rings. The van der Waals surface area contributed by atoms with Crippen molar-refractivity contribution in [1.82, 2.24) is 9.97 Å². The van der Waals surface area contributed by atoms with Crippen LogP contribution < -0.4 is 4.74 Å². The number of methoxy groups -OCH3 is 1. The third-order valence-electron chi connectivity index (χ3n) is 2.51. The van der Waals surface area contributed by atoms with Crippen molar-refractivity contribution < 1.29 is 9.53 Å². The summed E-state index contributed by atoms with van der Waals surface area (Å²) in [6.07, 6.45) is 1.95. The van der Waals surface area contributed by atoms with Crippen molar-refractivity contribution in [3.63, 3.8) is 0 Å². The minimum atomic E-state index is -0.188. The van der Waals surface area contributed by atoms with E-state index in [4.69, 9.17) is 4.74 Å². The number of rotatable bonds is 4. The van der Waals surface area contributed by atoms with Crippen LogP contribution in [0, 0.1) is 6.92 Å². The van der Waals surface area contributed by atoms with E-state index in [-0.39, 0.29) is 11.7 Å². The summed E-state index contributed by atoms with van der Waals surface area (Å²) in [5.41, 5.74) is 1.60. The van der Waals surface area contributed by atoms with E-state index in [2.05, 4.69) is 9.97 Å². The molecule has 1 heterocycles. The Hall–Kier alpha value is -1.45. The van der Waals surface area contributed by atoms with Gasteiger partial charge in [-0.1, -0.05) is 6.92 Å². The molecule has 1 rings (SSSR count). The van der Waals surface area contributed by atoms with Crippen molar-refractivity contribution in [2.75, 3.05) is 7.11 Å². The number of aromatic nitrogens is 2. The second kappa shape index (κ2) is 4.87. The third-order valence-corrected chi connectivity index (χ3v) is 2.51. The van der Waals surface area contributed by atoms with Gasteiger partial charge in [0, 0.05) is 12.0 Å². The molecular weight excluding hydrogens is 192 g/mol. The highest BCUT2D eigenvalue weighted by atomic mass is 16.5. The van der Waals surface area contributed by atoms with E-state index in [1.165, 1.54) is 6.33 Å². The summed E-state index contributed by atoms with van der Waals surface area (Å²) >= 11 is 0. The van der Waals surface area contributed by atoms with Gasteiger partial charge in [0.15, 0.2) is 0 Å². The molecule has 0 amide bonds. The van der Waals surface area contributed by atoms with Crippen molar-refractivity contribution in [2.45, 2.75) is 33.1 Å². The van der Waals surface area contributed by atoms with Gasteiger partial charge in [-0.3, -0.25) is 4.79 Å². The first-order chi connectivity index (χ1) is 7.11. The Morgan fingerprint density at radius 2 is 2.20 bits per heavy atom. The molecule has 1 unspecified atom stereocenters. The second-order valence-corrected chi connectivity index (χ2v) is 3.43. The minimum absolute atomic E-state index is 0.179. The van der Waals surface area contributed by atoms with Crippen LogP contribution >= 0.6 is 0 Å². The van der Waals surface area contributed by atoms with Gasteiger partial charge in [-0.15, -0.1) is 0 Å². The highest BCUT2D eigenvalue weighted by Crippen LogP contribution is 2.23. The van der Waals surface area contributed by atoms with E-state index in [0.717, 1.165) is 11.3 Å². The summed E-state index contributed by atoms with van der Waals surface area (Å²) in [4.78, 5) is 19.7. The maximum atomic E-state index is 11.6. The molecule has 0 saturated heterocycles. The number of nitrogens with zero attached hydrogens (tertiary/aromatic N) is 2. The topological polar surface area (TPSA) is 52.1 Å². The van der Waals surface area contributed by atoms with Crippen molar-refractivity contribution in [3.8, 4) is 5.88 Å². The average molecular weight is 208 g/mol. The standard InChI is InChI=1S/C11H16N2O2/c1-5-9(14)7(2)10-8(3)11(15-4)13-6-12-10/h6-7H,5H2,1-4H3. The SMILES string of the molecule is CCC(=O)C(C)c1ncnc(OC)c1C. The van der Waals surface area contributed by atoms with Gasteiger partial charge in [0.05, 0.1) is 18.7 Å². The van der Waals surface area contributed by atoms with E-state index in [1.807, 2.05) is 20.8 Å². The maximum absolute atomic E-state index is 11.6. The highest BCUT2D eigenvalue weighted by Gasteiger charge is 2.19. The zero-order chi connectivity index (χ0) is 11.4. The quantitative estimate of drug-likeness (QED) is 0.758. The number of Topliss-reactive ketones (excluding diaryl/α,β-unsaturated/α-hetero) is 1. The van der Waals surface area contributed by atoms with Gasteiger partial charge in [-0.2, -0.15) is 0 Å². The predicted octanol–water partition coefficient (Wildman–Crippen LogP) is 1.88. The monoisotopic (exact) mass is 208 g/mol. The fourth-order valence-corrected chi connectivity index (χ4v) is 1.55. The first kappa shape index (κ1) is 11.6. The molecule has 0 aliphatic rings. The van der Waals surface area contributed by atoms with Gasteiger partial charge in [0.2, 0.25) is 5.88 Å². The van der Waals surface area contributed by atoms with Crippen LogP contribution in [-0.4, -0.2) is 22.9 Å². The third kappa shape index (κ3) is 2.32. The lowest BCUT2D eigenvalue weighted by Crippen LogP contribution is -2.12. The second-order valence-electron chi connectivity index (χ2n) is 3.43. The van der Waals surface area contributed by atoms with E-state index in [0.29, 0.717) is 12.3 Å². The first-order valence-electron chi connectivity index (χ1n) is 5.00. The number of ether oxygens (including phenoxy) is 1. The lowest BCUT2D eigenvalue weighted by molar-refractivity contribution is -0.119. The van der Waals surface area contributed by atoms with Crippen LogP contribution in [-0.2, 0) is 4.79 Å². The Balaban J connectivity index is 3.09. The van der Waals surface area contributed by atoms with Crippen LogP contribution in [0.5, 0.6) is 5.88 Å². The molecule has 4 heteroatoms. The van der Waals surface area contributed by atoms with E-state index in [1.54, 1.807) is 7.11 Å². The fraction of sp³-hybridized carbons (Fsp3) is 0.545. The summed E-state index contributed by atoms with van der Waals surface area (Å²) in [5, 5.41) is 0. The number of carbonyl (C=O) groups is 1. The van der Waals surface area contributed by atoms with Crippen molar-refractivity contribution in [2.24, 2.45) is 0 Å². The zero-order valence-corrected chi connectivity index (χ0v) is 9.57. The Morgan fingerprint density at radius 3 is 2.73 bits per heavy atom. The smallest absolute Gasteiger partial charge is 0.219 e. The lowest BCUT2D eigenvalue weighted by atomic mass is 9.97. The first-order valence-corrected chi connectivity index (χ1v) is 5.00. The Kier molecular flexibility index (Phi) is 3.77. The van der Waals surface area contributed by atoms with E-state index < -0.39 is 0 Å². The molecule has 0 aliphatic heterocycles. The molecule has 0 saturated carbocycles. The molecule has 1 aromatic heterocycles. The Labute approximate surface area is 89.7 Å². The molecule has 0 fully saturated rings. The van der Waals surface area contributed by atoms with Crippen molar-refractivity contribution >= 4 is 5.78 Å². The number of ketones is 1. The fourth-order valence-electron chi connectivity index (χ4n) is 1.55. The van der Waals surface area contributed by atoms with Gasteiger partial charge >= 0.3 is 0 Å². The molecule has 0 radical (unpaired) electrons. The molecule has 0 spiro atoms. The zero-order valence-electron chi connectivity index (χ0n) is 9.57. The van der Waals surface area contributed by atoms with Crippen LogP contribution in [0.4, 0.5) is 0 Å². The molecule has 0 aliphatic carbocycles.